The molecule has 0 atom stereocenters. The third-order valence-corrected chi connectivity index (χ3v) is 3.35. The van der Waals surface area contributed by atoms with Crippen LogP contribution in [0.15, 0.2) is 48.5 Å². The quantitative estimate of drug-likeness (QED) is 0.771. The van der Waals surface area contributed by atoms with Crippen LogP contribution in [0.25, 0.3) is 22.2 Å². The Labute approximate surface area is 120 Å². The maximum atomic E-state index is 13.3. The van der Waals surface area contributed by atoms with Crippen molar-refractivity contribution >= 4 is 16.9 Å². The highest BCUT2D eigenvalue weighted by Gasteiger charge is 2.13. The van der Waals surface area contributed by atoms with Gasteiger partial charge in [-0.1, -0.05) is 29.8 Å². The number of aromatic nitrogens is 1. The van der Waals surface area contributed by atoms with Crippen molar-refractivity contribution in [2.45, 2.75) is 6.92 Å². The van der Waals surface area contributed by atoms with Crippen molar-refractivity contribution in [3.05, 3.63) is 65.5 Å². The molecule has 3 rings (SSSR count). The summed E-state index contributed by atoms with van der Waals surface area (Å²) in [6.45, 7) is 1.98. The van der Waals surface area contributed by atoms with Crippen LogP contribution in [0.5, 0.6) is 0 Å². The topological polar surface area (TPSA) is 50.2 Å². The summed E-state index contributed by atoms with van der Waals surface area (Å²) >= 11 is 0. The Bertz CT molecular complexity index is 841. The van der Waals surface area contributed by atoms with Gasteiger partial charge in [-0.3, -0.25) is 0 Å². The molecule has 1 aromatic heterocycles. The molecule has 0 radical (unpaired) electrons. The number of carbonyl (C=O) groups is 1. The van der Waals surface area contributed by atoms with Gasteiger partial charge in [-0.15, -0.1) is 0 Å². The lowest BCUT2D eigenvalue weighted by Gasteiger charge is -2.07. The van der Waals surface area contributed by atoms with Crippen LogP contribution in [-0.4, -0.2) is 16.1 Å². The standard InChI is InChI=1S/C17H12FNO2/c1-10-2-4-11(5-3-10)16-9-14(17(20)21)13-8-12(18)6-7-15(13)19-16/h2-9H,1H3,(H,20,21). The highest BCUT2D eigenvalue weighted by Crippen LogP contribution is 2.25. The first kappa shape index (κ1) is 13.2. The van der Waals surface area contributed by atoms with Crippen LogP contribution in [0.2, 0.25) is 0 Å². The lowest BCUT2D eigenvalue weighted by Crippen LogP contribution is -2.00. The molecule has 3 aromatic rings. The van der Waals surface area contributed by atoms with Crippen LogP contribution < -0.4 is 0 Å². The number of carboxylic acid groups (broad SMARTS) is 1. The highest BCUT2D eigenvalue weighted by atomic mass is 19.1. The van der Waals surface area contributed by atoms with Crippen molar-refractivity contribution in [1.82, 2.24) is 4.98 Å². The Morgan fingerprint density at radius 1 is 1.10 bits per heavy atom. The largest absolute Gasteiger partial charge is 0.478 e. The Morgan fingerprint density at radius 2 is 1.81 bits per heavy atom. The molecule has 0 aliphatic heterocycles. The van der Waals surface area contributed by atoms with Gasteiger partial charge in [0, 0.05) is 10.9 Å². The van der Waals surface area contributed by atoms with E-state index in [0.29, 0.717) is 16.6 Å². The Morgan fingerprint density at radius 3 is 2.48 bits per heavy atom. The van der Waals surface area contributed by atoms with E-state index in [1.807, 2.05) is 31.2 Å². The number of hydrogen-bond donors (Lipinski definition) is 1. The minimum atomic E-state index is -1.10. The Balaban J connectivity index is 2.28. The zero-order valence-corrected chi connectivity index (χ0v) is 11.3. The molecule has 3 nitrogen and oxygen atoms in total. The van der Waals surface area contributed by atoms with Crippen LogP contribution in [-0.2, 0) is 0 Å². The predicted molar refractivity (Wildman–Crippen MR) is 78.8 cm³/mol. The van der Waals surface area contributed by atoms with Crippen molar-refractivity contribution < 1.29 is 14.3 Å². The van der Waals surface area contributed by atoms with Gasteiger partial charge in [-0.25, -0.2) is 14.2 Å². The molecule has 2 aromatic carbocycles. The number of pyridine rings is 1. The second-order valence-electron chi connectivity index (χ2n) is 4.89. The number of rotatable bonds is 2. The lowest BCUT2D eigenvalue weighted by atomic mass is 10.0. The van der Waals surface area contributed by atoms with Crippen molar-refractivity contribution in [1.29, 1.82) is 0 Å². The molecule has 0 spiro atoms. The number of hydrogen-bond acceptors (Lipinski definition) is 2. The van der Waals surface area contributed by atoms with E-state index in [4.69, 9.17) is 0 Å². The third-order valence-electron chi connectivity index (χ3n) is 3.35. The second-order valence-corrected chi connectivity index (χ2v) is 4.89. The molecular weight excluding hydrogens is 269 g/mol. The minimum absolute atomic E-state index is 0.0510. The smallest absolute Gasteiger partial charge is 0.336 e. The van der Waals surface area contributed by atoms with Gasteiger partial charge < -0.3 is 5.11 Å². The summed E-state index contributed by atoms with van der Waals surface area (Å²) < 4.78 is 13.3. The van der Waals surface area contributed by atoms with E-state index in [1.54, 1.807) is 0 Å². The fraction of sp³-hybridized carbons (Fsp3) is 0.0588. The van der Waals surface area contributed by atoms with Gasteiger partial charge >= 0.3 is 5.97 Å². The molecule has 1 heterocycles. The first-order valence-electron chi connectivity index (χ1n) is 6.45. The summed E-state index contributed by atoms with van der Waals surface area (Å²) in [5, 5.41) is 9.64. The van der Waals surface area contributed by atoms with Gasteiger partial charge in [0.2, 0.25) is 0 Å². The molecular formula is C17H12FNO2. The molecule has 0 unspecified atom stereocenters. The van der Waals surface area contributed by atoms with Gasteiger partial charge in [0.15, 0.2) is 0 Å². The molecule has 0 saturated heterocycles. The van der Waals surface area contributed by atoms with Crippen molar-refractivity contribution in [3.8, 4) is 11.3 Å². The maximum absolute atomic E-state index is 13.3. The number of fused-ring (bicyclic) bond motifs is 1. The van der Waals surface area contributed by atoms with E-state index in [-0.39, 0.29) is 5.56 Å². The molecule has 1 N–H and O–H groups in total. The zero-order valence-electron chi connectivity index (χ0n) is 11.3. The number of aromatic carboxylic acids is 1. The van der Waals surface area contributed by atoms with Crippen LogP contribution in [0.1, 0.15) is 15.9 Å². The number of carboxylic acids is 1. The first-order chi connectivity index (χ1) is 10.0. The van der Waals surface area contributed by atoms with E-state index >= 15 is 0 Å². The van der Waals surface area contributed by atoms with Gasteiger partial charge in [0.1, 0.15) is 5.82 Å². The summed E-state index contributed by atoms with van der Waals surface area (Å²) in [5.74, 6) is -1.57. The van der Waals surface area contributed by atoms with Crippen LogP contribution >= 0.6 is 0 Å². The fourth-order valence-electron chi connectivity index (χ4n) is 2.25. The average molecular weight is 281 g/mol. The fourth-order valence-corrected chi connectivity index (χ4v) is 2.25. The van der Waals surface area contributed by atoms with Crippen molar-refractivity contribution in [2.75, 3.05) is 0 Å². The zero-order chi connectivity index (χ0) is 15.0. The number of halogens is 1. The second kappa shape index (κ2) is 4.98. The van der Waals surface area contributed by atoms with E-state index in [9.17, 15) is 14.3 Å². The van der Waals surface area contributed by atoms with Crippen molar-refractivity contribution in [3.63, 3.8) is 0 Å². The molecule has 4 heteroatoms. The van der Waals surface area contributed by atoms with Gasteiger partial charge in [-0.05, 0) is 31.2 Å². The van der Waals surface area contributed by atoms with E-state index in [0.717, 1.165) is 11.1 Å². The molecule has 0 saturated carbocycles. The Hall–Kier alpha value is -2.75. The molecule has 21 heavy (non-hydrogen) atoms. The van der Waals surface area contributed by atoms with Gasteiger partial charge in [-0.2, -0.15) is 0 Å². The average Bonchev–Trinajstić information content (AvgIpc) is 2.46. The normalized spacial score (nSPS) is 10.8. The lowest BCUT2D eigenvalue weighted by molar-refractivity contribution is 0.0699. The summed E-state index contributed by atoms with van der Waals surface area (Å²) in [6.07, 6.45) is 0. The maximum Gasteiger partial charge on any atom is 0.336 e. The van der Waals surface area contributed by atoms with E-state index in [1.165, 1.54) is 24.3 Å². The number of benzene rings is 2. The molecule has 0 aliphatic rings. The third kappa shape index (κ3) is 2.48. The Kier molecular flexibility index (Phi) is 3.14. The molecule has 0 amide bonds. The first-order valence-corrected chi connectivity index (χ1v) is 6.45. The molecule has 104 valence electrons. The SMILES string of the molecule is Cc1ccc(-c2cc(C(=O)O)c3cc(F)ccc3n2)cc1. The monoisotopic (exact) mass is 281 g/mol. The molecule has 0 fully saturated rings. The number of aryl methyl sites for hydroxylation is 1. The summed E-state index contributed by atoms with van der Waals surface area (Å²) in [5.41, 5.74) is 3.02. The summed E-state index contributed by atoms with van der Waals surface area (Å²) in [6, 6.07) is 13.1. The summed E-state index contributed by atoms with van der Waals surface area (Å²) in [4.78, 5) is 15.8. The minimum Gasteiger partial charge on any atom is -0.478 e. The number of nitrogens with zero attached hydrogens (tertiary/aromatic N) is 1. The van der Waals surface area contributed by atoms with Crippen LogP contribution in [0.4, 0.5) is 4.39 Å². The van der Waals surface area contributed by atoms with Crippen molar-refractivity contribution in [2.24, 2.45) is 0 Å². The van der Waals surface area contributed by atoms with Crippen LogP contribution in [0, 0.1) is 12.7 Å². The molecule has 0 bridgehead atoms. The van der Waals surface area contributed by atoms with E-state index in [2.05, 4.69) is 4.98 Å². The summed E-state index contributed by atoms with van der Waals surface area (Å²) in [7, 11) is 0. The molecule has 0 aliphatic carbocycles. The van der Waals surface area contributed by atoms with E-state index < -0.39 is 11.8 Å². The predicted octanol–water partition coefficient (Wildman–Crippen LogP) is 4.05. The highest BCUT2D eigenvalue weighted by molar-refractivity contribution is 6.03. The van der Waals surface area contributed by atoms with Crippen LogP contribution in [0.3, 0.4) is 0 Å². The van der Waals surface area contributed by atoms with Gasteiger partial charge in [0.05, 0.1) is 16.8 Å². The van der Waals surface area contributed by atoms with Gasteiger partial charge in [0.25, 0.3) is 0 Å².